The zero-order valence-electron chi connectivity index (χ0n) is 12.6. The Balaban J connectivity index is 1.80. The molecule has 4 heteroatoms. The van der Waals surface area contributed by atoms with Gasteiger partial charge in [-0.25, -0.2) is 4.98 Å². The second kappa shape index (κ2) is 6.07. The van der Waals surface area contributed by atoms with Crippen LogP contribution in [0.3, 0.4) is 0 Å². The first-order valence-corrected chi connectivity index (χ1v) is 8.73. The molecule has 1 heterocycles. The van der Waals surface area contributed by atoms with Gasteiger partial charge in [0.1, 0.15) is 0 Å². The molecule has 1 fully saturated rings. The Bertz CT molecular complexity index is 608. The normalized spacial score (nSPS) is 23.8. The molecule has 1 aromatic carbocycles. The smallest absolute Gasteiger partial charge is 0.0798 e. The van der Waals surface area contributed by atoms with Crippen molar-refractivity contribution in [3.05, 3.63) is 50.9 Å². The Morgan fingerprint density at radius 1 is 1.33 bits per heavy atom. The number of nitrogens with zero attached hydrogens (tertiary/aromatic N) is 1. The van der Waals surface area contributed by atoms with E-state index in [1.165, 1.54) is 16.9 Å². The lowest BCUT2D eigenvalue weighted by Gasteiger charge is -2.24. The fraction of sp³-hybridized carbons (Fsp3) is 0.471. The van der Waals surface area contributed by atoms with Crippen LogP contribution in [0.25, 0.3) is 0 Å². The summed E-state index contributed by atoms with van der Waals surface area (Å²) < 4.78 is 0. The minimum atomic E-state index is 0.325. The van der Waals surface area contributed by atoms with Crippen molar-refractivity contribution < 1.29 is 0 Å². The fourth-order valence-corrected chi connectivity index (χ4v) is 3.97. The summed E-state index contributed by atoms with van der Waals surface area (Å²) in [7, 11) is 0. The molecule has 0 saturated heterocycles. The molecule has 3 rings (SSSR count). The maximum Gasteiger partial charge on any atom is 0.0798 e. The quantitative estimate of drug-likeness (QED) is 0.823. The first kappa shape index (κ1) is 15.0. The second-order valence-corrected chi connectivity index (χ2v) is 7.42. The van der Waals surface area contributed by atoms with Gasteiger partial charge < -0.3 is 5.32 Å². The van der Waals surface area contributed by atoms with E-state index in [2.05, 4.69) is 43.2 Å². The van der Waals surface area contributed by atoms with Gasteiger partial charge in [0.15, 0.2) is 0 Å². The van der Waals surface area contributed by atoms with E-state index < -0.39 is 0 Å². The van der Waals surface area contributed by atoms with E-state index in [1.807, 2.05) is 17.6 Å². The summed E-state index contributed by atoms with van der Waals surface area (Å²) in [6.45, 7) is 6.65. The maximum absolute atomic E-state index is 6.02. The van der Waals surface area contributed by atoms with E-state index in [4.69, 9.17) is 11.6 Å². The van der Waals surface area contributed by atoms with Crippen LogP contribution < -0.4 is 5.32 Å². The lowest BCUT2D eigenvalue weighted by Crippen LogP contribution is -2.26. The summed E-state index contributed by atoms with van der Waals surface area (Å²) in [6.07, 6.45) is 1.30. The summed E-state index contributed by atoms with van der Waals surface area (Å²) in [5, 5.41) is 4.61. The molecule has 0 aliphatic heterocycles. The molecule has 112 valence electrons. The monoisotopic (exact) mass is 320 g/mol. The molecular weight excluding hydrogens is 300 g/mol. The number of thiazole rings is 1. The number of benzene rings is 1. The Hall–Kier alpha value is -0.900. The van der Waals surface area contributed by atoms with Crippen LogP contribution in [0.5, 0.6) is 0 Å². The number of hydrogen-bond acceptors (Lipinski definition) is 3. The van der Waals surface area contributed by atoms with Gasteiger partial charge in [-0.05, 0) is 49.8 Å². The van der Waals surface area contributed by atoms with Gasteiger partial charge in [-0.2, -0.15) is 0 Å². The van der Waals surface area contributed by atoms with Crippen molar-refractivity contribution >= 4 is 22.9 Å². The van der Waals surface area contributed by atoms with Gasteiger partial charge in [0.05, 0.1) is 11.2 Å². The topological polar surface area (TPSA) is 24.9 Å². The molecule has 2 nitrogen and oxygen atoms in total. The zero-order chi connectivity index (χ0) is 15.0. The standard InChI is InChI=1S/C17H21ClN2S/c1-10-8-15(10)16(13-4-6-14(18)7-5-13)20-12(3)17-11(2)19-9-21-17/h4-7,9-10,12,15-16,20H,8H2,1-3H3/t10-,12+,15+,16-/m1/s1. The van der Waals surface area contributed by atoms with Crippen molar-refractivity contribution in [3.63, 3.8) is 0 Å². The summed E-state index contributed by atoms with van der Waals surface area (Å²) in [5.41, 5.74) is 4.40. The number of hydrogen-bond donors (Lipinski definition) is 1. The van der Waals surface area contributed by atoms with E-state index in [0.29, 0.717) is 12.1 Å². The number of halogens is 1. The van der Waals surface area contributed by atoms with E-state index >= 15 is 0 Å². The molecule has 1 saturated carbocycles. The molecular formula is C17H21ClN2S. The second-order valence-electron chi connectivity index (χ2n) is 6.10. The van der Waals surface area contributed by atoms with Gasteiger partial charge in [0.25, 0.3) is 0 Å². The van der Waals surface area contributed by atoms with E-state index in [9.17, 15) is 0 Å². The maximum atomic E-state index is 6.02. The van der Waals surface area contributed by atoms with E-state index in [1.54, 1.807) is 11.3 Å². The molecule has 2 aromatic rings. The molecule has 0 unspecified atom stereocenters. The van der Waals surface area contributed by atoms with Crippen LogP contribution in [0.15, 0.2) is 29.8 Å². The fourth-order valence-electron chi connectivity index (χ4n) is 3.02. The molecule has 0 bridgehead atoms. The number of rotatable bonds is 5. The zero-order valence-corrected chi connectivity index (χ0v) is 14.2. The molecule has 1 aliphatic rings. The molecule has 4 atom stereocenters. The SMILES string of the molecule is Cc1ncsc1[C@H](C)N[C@H](c1ccc(Cl)cc1)[C@H]1C[C@H]1C. The molecule has 1 aromatic heterocycles. The Morgan fingerprint density at radius 3 is 2.52 bits per heavy atom. The average molecular weight is 321 g/mol. The Morgan fingerprint density at radius 2 is 2.00 bits per heavy atom. The van der Waals surface area contributed by atoms with Crippen molar-refractivity contribution in [1.29, 1.82) is 0 Å². The predicted octanol–water partition coefficient (Wildman–Crippen LogP) is 5.15. The molecule has 1 N–H and O–H groups in total. The van der Waals surface area contributed by atoms with Crippen LogP contribution in [0.1, 0.15) is 48.5 Å². The first-order valence-electron chi connectivity index (χ1n) is 7.47. The Labute approximate surface area is 135 Å². The molecule has 0 spiro atoms. The van der Waals surface area contributed by atoms with Crippen molar-refractivity contribution in [2.24, 2.45) is 11.8 Å². The van der Waals surface area contributed by atoms with Gasteiger partial charge in [-0.3, -0.25) is 0 Å². The van der Waals surface area contributed by atoms with E-state index in [0.717, 1.165) is 22.6 Å². The van der Waals surface area contributed by atoms with Crippen molar-refractivity contribution in [1.82, 2.24) is 10.3 Å². The lowest BCUT2D eigenvalue weighted by atomic mass is 10.00. The third kappa shape index (κ3) is 3.31. The molecule has 0 radical (unpaired) electrons. The highest BCUT2D eigenvalue weighted by Crippen LogP contribution is 2.48. The number of aromatic nitrogens is 1. The van der Waals surface area contributed by atoms with Gasteiger partial charge in [0, 0.05) is 22.0 Å². The molecule has 1 aliphatic carbocycles. The van der Waals surface area contributed by atoms with Gasteiger partial charge in [-0.1, -0.05) is 30.7 Å². The summed E-state index contributed by atoms with van der Waals surface area (Å²) in [5.74, 6) is 1.52. The van der Waals surface area contributed by atoms with Crippen molar-refractivity contribution in [2.75, 3.05) is 0 Å². The highest BCUT2D eigenvalue weighted by atomic mass is 35.5. The summed E-state index contributed by atoms with van der Waals surface area (Å²) >= 11 is 7.76. The van der Waals surface area contributed by atoms with Gasteiger partial charge >= 0.3 is 0 Å². The van der Waals surface area contributed by atoms with Gasteiger partial charge in [0.2, 0.25) is 0 Å². The largest absolute Gasteiger partial charge is 0.302 e. The lowest BCUT2D eigenvalue weighted by molar-refractivity contribution is 0.416. The van der Waals surface area contributed by atoms with Crippen LogP contribution >= 0.6 is 22.9 Å². The van der Waals surface area contributed by atoms with Gasteiger partial charge in [-0.15, -0.1) is 11.3 Å². The predicted molar refractivity (Wildman–Crippen MR) is 89.9 cm³/mol. The minimum Gasteiger partial charge on any atom is -0.302 e. The van der Waals surface area contributed by atoms with Crippen molar-refractivity contribution in [3.8, 4) is 0 Å². The number of aryl methyl sites for hydroxylation is 1. The molecule has 0 amide bonds. The van der Waals surface area contributed by atoms with Crippen LogP contribution in [0.2, 0.25) is 5.02 Å². The number of nitrogens with one attached hydrogen (secondary N) is 1. The third-order valence-electron chi connectivity index (χ3n) is 4.43. The van der Waals surface area contributed by atoms with Crippen LogP contribution in [-0.2, 0) is 0 Å². The van der Waals surface area contributed by atoms with Crippen LogP contribution in [-0.4, -0.2) is 4.98 Å². The third-order valence-corrected chi connectivity index (χ3v) is 5.80. The average Bonchev–Trinajstić information content (AvgIpc) is 3.01. The first-order chi connectivity index (χ1) is 10.1. The Kier molecular flexibility index (Phi) is 4.34. The highest BCUT2D eigenvalue weighted by molar-refractivity contribution is 7.09. The molecule has 21 heavy (non-hydrogen) atoms. The van der Waals surface area contributed by atoms with E-state index in [-0.39, 0.29) is 0 Å². The minimum absolute atomic E-state index is 0.325. The van der Waals surface area contributed by atoms with Crippen LogP contribution in [0, 0.1) is 18.8 Å². The van der Waals surface area contributed by atoms with Crippen molar-refractivity contribution in [2.45, 2.75) is 39.3 Å². The summed E-state index contributed by atoms with van der Waals surface area (Å²) in [6, 6.07) is 9.00. The summed E-state index contributed by atoms with van der Waals surface area (Å²) in [4.78, 5) is 5.70. The highest BCUT2D eigenvalue weighted by Gasteiger charge is 2.40. The van der Waals surface area contributed by atoms with Crippen LogP contribution in [0.4, 0.5) is 0 Å².